The summed E-state index contributed by atoms with van der Waals surface area (Å²) >= 11 is 0. The molecule has 1 aliphatic rings. The van der Waals surface area contributed by atoms with Gasteiger partial charge in [0.15, 0.2) is 0 Å². The fourth-order valence-electron chi connectivity index (χ4n) is 1.26. The number of alkyl halides is 1. The first kappa shape index (κ1) is 11.2. The van der Waals surface area contributed by atoms with Gasteiger partial charge < -0.3 is 20.1 Å². The van der Waals surface area contributed by atoms with E-state index in [1.165, 1.54) is 0 Å². The summed E-state index contributed by atoms with van der Waals surface area (Å²) in [6.45, 7) is -0.603. The molecule has 0 amide bonds. The Kier molecular flexibility index (Phi) is 3.62. The minimum atomic E-state index is -2.09. The average Bonchev–Trinajstić information content (AvgIpc) is 2.19. The van der Waals surface area contributed by atoms with Crippen LogP contribution in [0.25, 0.3) is 10.4 Å². The number of hydrogen-bond acceptors (Lipinski definition) is 5. The summed E-state index contributed by atoms with van der Waals surface area (Å²) in [7, 11) is 0. The Morgan fingerprint density at radius 2 is 2.07 bits per heavy atom. The zero-order chi connectivity index (χ0) is 10.7. The maximum Gasteiger partial charge on any atom is 0.228 e. The van der Waals surface area contributed by atoms with Crippen molar-refractivity contribution < 1.29 is 24.4 Å². The number of aliphatic hydroxyl groups excluding tert-OH is 3. The van der Waals surface area contributed by atoms with Crippen LogP contribution in [0.1, 0.15) is 0 Å². The van der Waals surface area contributed by atoms with Gasteiger partial charge in [0.2, 0.25) is 6.36 Å². The van der Waals surface area contributed by atoms with Gasteiger partial charge in [-0.2, -0.15) is 0 Å². The minimum absolute atomic E-state index is 0.603. The van der Waals surface area contributed by atoms with Gasteiger partial charge in [0.05, 0.1) is 24.9 Å². The van der Waals surface area contributed by atoms with Crippen LogP contribution in [0.3, 0.4) is 0 Å². The molecule has 1 heterocycles. The van der Waals surface area contributed by atoms with Crippen LogP contribution < -0.4 is 0 Å². The molecule has 0 saturated carbocycles. The number of aliphatic hydroxyl groups is 3. The normalized spacial score (nSPS) is 43.0. The monoisotopic (exact) mass is 207 g/mol. The predicted molar refractivity (Wildman–Crippen MR) is 41.8 cm³/mol. The Bertz CT molecular complexity index is 245. The fraction of sp³-hybridized carbons (Fsp3) is 1.00. The smallest absolute Gasteiger partial charge is 0.228 e. The van der Waals surface area contributed by atoms with E-state index in [1.807, 2.05) is 0 Å². The second kappa shape index (κ2) is 4.54. The molecular formula is C6H10FN3O4. The Balaban J connectivity index is 2.82. The first-order valence-corrected chi connectivity index (χ1v) is 3.92. The molecule has 7 nitrogen and oxygen atoms in total. The molecule has 1 rings (SSSR count). The molecule has 0 bridgehead atoms. The second-order valence-corrected chi connectivity index (χ2v) is 2.88. The third-order valence-corrected chi connectivity index (χ3v) is 2.02. The van der Waals surface area contributed by atoms with Crippen molar-refractivity contribution in [2.75, 3.05) is 6.61 Å². The van der Waals surface area contributed by atoms with Crippen LogP contribution >= 0.6 is 0 Å². The van der Waals surface area contributed by atoms with E-state index in [4.69, 9.17) is 15.7 Å². The molecule has 0 aromatic carbocycles. The molecule has 5 atom stereocenters. The van der Waals surface area contributed by atoms with E-state index >= 15 is 0 Å². The molecule has 80 valence electrons. The molecule has 0 spiro atoms. The third kappa shape index (κ3) is 1.94. The van der Waals surface area contributed by atoms with E-state index in [-0.39, 0.29) is 0 Å². The highest BCUT2D eigenvalue weighted by atomic mass is 19.1. The van der Waals surface area contributed by atoms with Crippen LogP contribution in [0.5, 0.6) is 0 Å². The highest BCUT2D eigenvalue weighted by Gasteiger charge is 2.43. The third-order valence-electron chi connectivity index (χ3n) is 2.02. The minimum Gasteiger partial charge on any atom is -0.394 e. The molecule has 3 N–H and O–H groups in total. The number of ether oxygens (including phenoxy) is 1. The highest BCUT2D eigenvalue weighted by Crippen LogP contribution is 2.24. The van der Waals surface area contributed by atoms with E-state index in [9.17, 15) is 9.50 Å². The van der Waals surface area contributed by atoms with Crippen molar-refractivity contribution in [3.05, 3.63) is 10.4 Å². The average molecular weight is 207 g/mol. The molecule has 1 aliphatic heterocycles. The molecule has 0 aliphatic carbocycles. The van der Waals surface area contributed by atoms with Gasteiger partial charge >= 0.3 is 0 Å². The van der Waals surface area contributed by atoms with Gasteiger partial charge in [-0.25, -0.2) is 4.39 Å². The molecule has 0 aromatic heterocycles. The topological polar surface area (TPSA) is 119 Å². The first-order valence-electron chi connectivity index (χ1n) is 3.92. The van der Waals surface area contributed by atoms with Crippen LogP contribution in [-0.4, -0.2) is 52.6 Å². The summed E-state index contributed by atoms with van der Waals surface area (Å²) in [5.41, 5.74) is 8.14. The summed E-state index contributed by atoms with van der Waals surface area (Å²) in [5.74, 6) is 0. The van der Waals surface area contributed by atoms with Gasteiger partial charge in [-0.1, -0.05) is 5.11 Å². The van der Waals surface area contributed by atoms with E-state index in [0.29, 0.717) is 0 Å². The lowest BCUT2D eigenvalue weighted by atomic mass is 9.98. The maximum atomic E-state index is 12.8. The van der Waals surface area contributed by atoms with Crippen molar-refractivity contribution in [1.29, 1.82) is 0 Å². The van der Waals surface area contributed by atoms with Crippen LogP contribution in [0.2, 0.25) is 0 Å². The van der Waals surface area contributed by atoms with Crippen LogP contribution in [0, 0.1) is 0 Å². The number of azide groups is 1. The van der Waals surface area contributed by atoms with Crippen molar-refractivity contribution in [2.24, 2.45) is 5.11 Å². The lowest BCUT2D eigenvalue weighted by Crippen LogP contribution is -2.56. The fourth-order valence-corrected chi connectivity index (χ4v) is 1.26. The number of nitrogens with zero attached hydrogens (tertiary/aromatic N) is 3. The van der Waals surface area contributed by atoms with Crippen LogP contribution in [0.15, 0.2) is 5.11 Å². The molecule has 0 radical (unpaired) electrons. The predicted octanol–water partition coefficient (Wildman–Crippen LogP) is -0.926. The summed E-state index contributed by atoms with van der Waals surface area (Å²) in [6.07, 6.45) is -6.58. The van der Waals surface area contributed by atoms with Gasteiger partial charge in [-0.05, 0) is 5.53 Å². The summed E-state index contributed by atoms with van der Waals surface area (Å²) in [4.78, 5) is 2.41. The van der Waals surface area contributed by atoms with Gasteiger partial charge in [0.1, 0.15) is 6.10 Å². The van der Waals surface area contributed by atoms with Gasteiger partial charge in [-0.15, -0.1) is 0 Å². The maximum absolute atomic E-state index is 12.8. The molecule has 1 saturated heterocycles. The Morgan fingerprint density at radius 1 is 1.43 bits per heavy atom. The van der Waals surface area contributed by atoms with E-state index in [1.54, 1.807) is 0 Å². The quantitative estimate of drug-likeness (QED) is 0.308. The van der Waals surface area contributed by atoms with Gasteiger partial charge in [0.25, 0.3) is 0 Å². The van der Waals surface area contributed by atoms with Crippen LogP contribution in [0.4, 0.5) is 4.39 Å². The zero-order valence-electron chi connectivity index (χ0n) is 7.06. The molecule has 14 heavy (non-hydrogen) atoms. The van der Waals surface area contributed by atoms with Crippen molar-refractivity contribution >= 4 is 0 Å². The standard InChI is InChI=1S/C6H10FN3O4/c7-6-5(13)4(12)3(9-10-8)2(1-11)14-6/h2-6,11-13H,1H2/t2-,3-,4+,5-,6+/m1/s1. The summed E-state index contributed by atoms with van der Waals surface area (Å²) in [5, 5.41) is 30.2. The number of halogens is 1. The lowest BCUT2D eigenvalue weighted by Gasteiger charge is -2.36. The highest BCUT2D eigenvalue weighted by molar-refractivity contribution is 4.93. The second-order valence-electron chi connectivity index (χ2n) is 2.88. The number of hydrogen-bond donors (Lipinski definition) is 3. The largest absolute Gasteiger partial charge is 0.394 e. The van der Waals surface area contributed by atoms with Crippen molar-refractivity contribution in [3.63, 3.8) is 0 Å². The number of rotatable bonds is 2. The molecule has 1 fully saturated rings. The summed E-state index contributed by atoms with van der Waals surface area (Å²) < 4.78 is 17.3. The van der Waals surface area contributed by atoms with Crippen molar-refractivity contribution in [3.8, 4) is 0 Å². The SMILES string of the molecule is [N-]=[N+]=N[C@H]1[C@H](O)[C@@H](O)[C@@H](F)O[C@@H]1CO. The van der Waals surface area contributed by atoms with Crippen molar-refractivity contribution in [2.45, 2.75) is 30.7 Å². The van der Waals surface area contributed by atoms with Crippen molar-refractivity contribution in [1.82, 2.24) is 0 Å². The van der Waals surface area contributed by atoms with Gasteiger partial charge in [-0.3, -0.25) is 0 Å². The Labute approximate surface area is 78.4 Å². The van der Waals surface area contributed by atoms with E-state index in [2.05, 4.69) is 14.8 Å². The molecule has 8 heteroatoms. The Morgan fingerprint density at radius 3 is 2.57 bits per heavy atom. The Hall–Kier alpha value is -0.920. The molecule has 0 unspecified atom stereocenters. The first-order chi connectivity index (χ1) is 6.61. The molecular weight excluding hydrogens is 197 g/mol. The lowest BCUT2D eigenvalue weighted by molar-refractivity contribution is -0.229. The van der Waals surface area contributed by atoms with E-state index in [0.717, 1.165) is 0 Å². The zero-order valence-corrected chi connectivity index (χ0v) is 7.06. The molecule has 0 aromatic rings. The van der Waals surface area contributed by atoms with E-state index < -0.39 is 37.3 Å². The van der Waals surface area contributed by atoms with Gasteiger partial charge in [0, 0.05) is 4.91 Å². The van der Waals surface area contributed by atoms with Crippen LogP contribution in [-0.2, 0) is 4.74 Å². The summed E-state index contributed by atoms with van der Waals surface area (Å²) in [6, 6.07) is -1.19.